The van der Waals surface area contributed by atoms with E-state index in [-0.39, 0.29) is 11.9 Å². The lowest BCUT2D eigenvalue weighted by Gasteiger charge is -2.26. The quantitative estimate of drug-likeness (QED) is 0.398. The van der Waals surface area contributed by atoms with Crippen LogP contribution in [0.1, 0.15) is 60.5 Å². The number of benzene rings is 1. The molecule has 0 aliphatic carbocycles. The molecule has 3 heterocycles. The number of likely N-dealkylation sites (tertiary alicyclic amines) is 1. The van der Waals surface area contributed by atoms with Gasteiger partial charge >= 0.3 is 5.97 Å². The first-order valence-electron chi connectivity index (χ1n) is 13.1. The molecule has 37 heavy (non-hydrogen) atoms. The number of methoxy groups -OCH3 is 2. The fourth-order valence-corrected chi connectivity index (χ4v) is 5.39. The molecule has 0 saturated carbocycles. The Morgan fingerprint density at radius 1 is 1.24 bits per heavy atom. The van der Waals surface area contributed by atoms with Gasteiger partial charge < -0.3 is 24.6 Å². The molecule has 4 rings (SSSR count). The number of aromatic nitrogens is 1. The van der Waals surface area contributed by atoms with Crippen molar-refractivity contribution >= 4 is 11.8 Å². The summed E-state index contributed by atoms with van der Waals surface area (Å²) in [7, 11) is 3.07. The maximum atomic E-state index is 14.4. The highest BCUT2D eigenvalue weighted by molar-refractivity contribution is 5.77. The molecular formula is C28H38FN3O5. The summed E-state index contributed by atoms with van der Waals surface area (Å²) in [5.74, 6) is 0.305. The highest BCUT2D eigenvalue weighted by Gasteiger charge is 2.36. The second-order valence-corrected chi connectivity index (χ2v) is 9.87. The summed E-state index contributed by atoms with van der Waals surface area (Å²) in [6.45, 7) is 4.38. The molecule has 0 amide bonds. The first-order chi connectivity index (χ1) is 17.9. The Kier molecular flexibility index (Phi) is 9.21. The van der Waals surface area contributed by atoms with Gasteiger partial charge in [0.1, 0.15) is 17.6 Å². The zero-order valence-corrected chi connectivity index (χ0v) is 22.0. The van der Waals surface area contributed by atoms with E-state index in [4.69, 9.17) is 19.2 Å². The standard InChI is InChI=1S/C28H38FN3O5/c1-18-14-22(26(36-3)23(29)15-18)25(28(33)34)32-12-10-20(17-32)37-13-6-4-5-8-19-16-24(35-2)21-9-7-11-30-27(21)31-19/h14-16,20,25H,4-13,17H2,1-3H3,(H,30,31)(H,33,34)/t20-,25?/m1/s1. The Hall–Kier alpha value is -2.91. The summed E-state index contributed by atoms with van der Waals surface area (Å²) in [5.41, 5.74) is 3.22. The zero-order valence-electron chi connectivity index (χ0n) is 22.0. The summed E-state index contributed by atoms with van der Waals surface area (Å²) in [6, 6.07) is 4.13. The summed E-state index contributed by atoms with van der Waals surface area (Å²) in [5, 5.41) is 13.3. The Morgan fingerprint density at radius 2 is 2.08 bits per heavy atom. The predicted octanol–water partition coefficient (Wildman–Crippen LogP) is 4.53. The number of rotatable bonds is 12. The molecule has 1 aromatic heterocycles. The minimum Gasteiger partial charge on any atom is -0.496 e. The second kappa shape index (κ2) is 12.6. The lowest BCUT2D eigenvalue weighted by atomic mass is 10.0. The van der Waals surface area contributed by atoms with Gasteiger partial charge in [-0.05, 0) is 63.1 Å². The highest BCUT2D eigenvalue weighted by Crippen LogP contribution is 2.35. The number of nitrogens with zero attached hydrogens (tertiary/aromatic N) is 2. The summed E-state index contributed by atoms with van der Waals surface area (Å²) in [6.07, 6.45) is 6.63. The molecule has 0 radical (unpaired) electrons. The molecule has 9 heteroatoms. The van der Waals surface area contributed by atoms with E-state index in [0.29, 0.717) is 30.8 Å². The van der Waals surface area contributed by atoms with Crippen LogP contribution in [0.2, 0.25) is 0 Å². The zero-order chi connectivity index (χ0) is 26.4. The lowest BCUT2D eigenvalue weighted by Crippen LogP contribution is -2.34. The second-order valence-electron chi connectivity index (χ2n) is 9.87. The molecular weight excluding hydrogens is 477 g/mol. The van der Waals surface area contributed by atoms with Gasteiger partial charge in [0.05, 0.1) is 20.3 Å². The number of carboxylic acid groups (broad SMARTS) is 1. The van der Waals surface area contributed by atoms with E-state index >= 15 is 0 Å². The molecule has 202 valence electrons. The number of hydrogen-bond donors (Lipinski definition) is 2. The molecule has 2 aromatic rings. The molecule has 1 aromatic carbocycles. The minimum atomic E-state index is -1.02. The van der Waals surface area contributed by atoms with Crippen LogP contribution in [0.5, 0.6) is 11.5 Å². The molecule has 2 aliphatic rings. The van der Waals surface area contributed by atoms with Crippen molar-refractivity contribution in [2.24, 2.45) is 0 Å². The molecule has 0 bridgehead atoms. The smallest absolute Gasteiger partial charge is 0.325 e. The fraction of sp³-hybridized carbons (Fsp3) is 0.571. The van der Waals surface area contributed by atoms with E-state index in [0.717, 1.165) is 68.8 Å². The molecule has 1 saturated heterocycles. The van der Waals surface area contributed by atoms with Gasteiger partial charge in [-0.3, -0.25) is 9.69 Å². The summed E-state index contributed by atoms with van der Waals surface area (Å²) < 4.78 is 31.3. The van der Waals surface area contributed by atoms with E-state index in [1.165, 1.54) is 18.7 Å². The van der Waals surface area contributed by atoms with Crippen molar-refractivity contribution in [2.75, 3.05) is 45.8 Å². The number of carboxylic acids is 1. The average molecular weight is 516 g/mol. The number of fused-ring (bicyclic) bond motifs is 1. The van der Waals surface area contributed by atoms with Crippen LogP contribution in [0.4, 0.5) is 10.2 Å². The van der Waals surface area contributed by atoms with E-state index in [1.54, 1.807) is 20.1 Å². The van der Waals surface area contributed by atoms with Crippen LogP contribution in [-0.2, 0) is 22.4 Å². The molecule has 2 N–H and O–H groups in total. The number of hydrogen-bond acceptors (Lipinski definition) is 7. The third-order valence-corrected chi connectivity index (χ3v) is 7.17. The topological polar surface area (TPSA) is 93.2 Å². The van der Waals surface area contributed by atoms with Crippen LogP contribution in [0.25, 0.3) is 0 Å². The van der Waals surface area contributed by atoms with E-state index in [2.05, 4.69) is 11.4 Å². The van der Waals surface area contributed by atoms with Gasteiger partial charge in [0.15, 0.2) is 11.6 Å². The van der Waals surface area contributed by atoms with Crippen molar-refractivity contribution in [3.63, 3.8) is 0 Å². The van der Waals surface area contributed by atoms with Gasteiger partial charge in [-0.25, -0.2) is 9.37 Å². The normalized spacial score (nSPS) is 18.2. The van der Waals surface area contributed by atoms with Crippen molar-refractivity contribution < 1.29 is 28.5 Å². The third-order valence-electron chi connectivity index (χ3n) is 7.17. The Labute approximate surface area is 218 Å². The van der Waals surface area contributed by atoms with Gasteiger partial charge in [0.2, 0.25) is 0 Å². The minimum absolute atomic E-state index is 0.0100. The van der Waals surface area contributed by atoms with E-state index < -0.39 is 17.8 Å². The number of aryl methyl sites for hydroxylation is 2. The summed E-state index contributed by atoms with van der Waals surface area (Å²) >= 11 is 0. The first-order valence-corrected chi connectivity index (χ1v) is 13.1. The molecule has 8 nitrogen and oxygen atoms in total. The Balaban J connectivity index is 1.24. The van der Waals surface area contributed by atoms with Gasteiger partial charge in [-0.2, -0.15) is 0 Å². The predicted molar refractivity (Wildman–Crippen MR) is 139 cm³/mol. The maximum Gasteiger partial charge on any atom is 0.325 e. The van der Waals surface area contributed by atoms with Gasteiger partial charge in [0, 0.05) is 49.1 Å². The number of nitrogens with one attached hydrogen (secondary N) is 1. The molecule has 1 unspecified atom stereocenters. The number of anilines is 1. The highest BCUT2D eigenvalue weighted by atomic mass is 19.1. The molecule has 1 fully saturated rings. The molecule has 2 atom stereocenters. The lowest BCUT2D eigenvalue weighted by molar-refractivity contribution is -0.143. The number of carbonyl (C=O) groups is 1. The van der Waals surface area contributed by atoms with E-state index in [1.807, 2.05) is 4.90 Å². The van der Waals surface area contributed by atoms with Crippen LogP contribution < -0.4 is 14.8 Å². The SMILES string of the molecule is COc1cc(CCCCCO[C@@H]2CCN(C(C(=O)O)c3cc(C)cc(F)c3OC)C2)nc2c1CCCN2. The van der Waals surface area contributed by atoms with Gasteiger partial charge in [0.25, 0.3) is 0 Å². The van der Waals surface area contributed by atoms with Crippen molar-refractivity contribution in [1.82, 2.24) is 9.88 Å². The summed E-state index contributed by atoms with van der Waals surface area (Å²) in [4.78, 5) is 18.8. The molecule has 2 aliphatic heterocycles. The van der Waals surface area contributed by atoms with Crippen LogP contribution >= 0.6 is 0 Å². The maximum absolute atomic E-state index is 14.4. The number of ether oxygens (including phenoxy) is 3. The fourth-order valence-electron chi connectivity index (χ4n) is 5.39. The average Bonchev–Trinajstić information content (AvgIpc) is 3.33. The number of unbranched alkanes of at least 4 members (excludes halogenated alkanes) is 2. The van der Waals surface area contributed by atoms with E-state index in [9.17, 15) is 14.3 Å². The largest absolute Gasteiger partial charge is 0.496 e. The number of aliphatic carboxylic acids is 1. The number of pyridine rings is 1. The Bertz CT molecular complexity index is 1080. The van der Waals surface area contributed by atoms with Gasteiger partial charge in [-0.1, -0.05) is 6.42 Å². The van der Waals surface area contributed by atoms with Crippen LogP contribution in [0.3, 0.4) is 0 Å². The van der Waals surface area contributed by atoms with Crippen LogP contribution in [0, 0.1) is 12.7 Å². The Morgan fingerprint density at radius 3 is 2.84 bits per heavy atom. The van der Waals surface area contributed by atoms with Crippen molar-refractivity contribution in [3.8, 4) is 11.5 Å². The van der Waals surface area contributed by atoms with Crippen molar-refractivity contribution in [1.29, 1.82) is 0 Å². The van der Waals surface area contributed by atoms with Crippen LogP contribution in [0.15, 0.2) is 18.2 Å². The van der Waals surface area contributed by atoms with Crippen molar-refractivity contribution in [2.45, 2.75) is 64.0 Å². The molecule has 0 spiro atoms. The monoisotopic (exact) mass is 515 g/mol. The first kappa shape index (κ1) is 27.1. The number of halogens is 1. The van der Waals surface area contributed by atoms with Crippen LogP contribution in [-0.4, -0.2) is 67.5 Å². The third kappa shape index (κ3) is 6.51. The van der Waals surface area contributed by atoms with Gasteiger partial charge in [-0.15, -0.1) is 0 Å². The van der Waals surface area contributed by atoms with Crippen molar-refractivity contribution in [3.05, 3.63) is 46.4 Å².